The Morgan fingerprint density at radius 2 is 2.18 bits per heavy atom. The van der Waals surface area contributed by atoms with Crippen molar-refractivity contribution < 1.29 is 0 Å². The summed E-state index contributed by atoms with van der Waals surface area (Å²) < 4.78 is 0. The van der Waals surface area contributed by atoms with Gasteiger partial charge in [-0.3, -0.25) is 4.90 Å². The largest absolute Gasteiger partial charge is 0.289 e. The first-order chi connectivity index (χ1) is 5.20. The van der Waals surface area contributed by atoms with Crippen LogP contribution in [0.5, 0.6) is 0 Å². The van der Waals surface area contributed by atoms with Gasteiger partial charge in [0.1, 0.15) is 0 Å². The van der Waals surface area contributed by atoms with Crippen LogP contribution in [0.3, 0.4) is 0 Å². The van der Waals surface area contributed by atoms with Crippen LogP contribution in [0.25, 0.3) is 0 Å². The zero-order chi connectivity index (χ0) is 8.69. The first-order valence-corrected chi connectivity index (χ1v) is 3.99. The van der Waals surface area contributed by atoms with Crippen molar-refractivity contribution >= 4 is 0 Å². The molecule has 0 aromatic heterocycles. The highest BCUT2D eigenvalue weighted by atomic mass is 15.1. The van der Waals surface area contributed by atoms with Crippen LogP contribution < -0.4 is 0 Å². The fourth-order valence-electron chi connectivity index (χ4n) is 0.746. The van der Waals surface area contributed by atoms with Crippen LogP contribution in [0.15, 0.2) is 11.6 Å². The van der Waals surface area contributed by atoms with Crippen LogP contribution in [0.4, 0.5) is 0 Å². The number of hydrogen-bond donors (Lipinski definition) is 0. The molecule has 0 amide bonds. The summed E-state index contributed by atoms with van der Waals surface area (Å²) in [5.41, 5.74) is 1.35. The van der Waals surface area contributed by atoms with Gasteiger partial charge >= 0.3 is 0 Å². The van der Waals surface area contributed by atoms with Crippen LogP contribution in [-0.2, 0) is 0 Å². The van der Waals surface area contributed by atoms with E-state index in [1.54, 1.807) is 0 Å². The second-order valence-corrected chi connectivity index (χ2v) is 2.81. The van der Waals surface area contributed by atoms with E-state index in [4.69, 9.17) is 6.42 Å². The van der Waals surface area contributed by atoms with E-state index in [0.29, 0.717) is 0 Å². The third-order valence-corrected chi connectivity index (χ3v) is 1.52. The van der Waals surface area contributed by atoms with Crippen LogP contribution >= 0.6 is 0 Å². The maximum Gasteiger partial charge on any atom is 0.0601 e. The van der Waals surface area contributed by atoms with E-state index in [2.05, 4.69) is 37.7 Å². The standard InChI is InChI=1S/C10H17N/c1-5-8-11(6-2)9-7-10(3)4/h1,7H,6,8-9H2,2-4H3. The number of likely N-dealkylation sites (N-methyl/N-ethyl adjacent to an activating group) is 1. The predicted octanol–water partition coefficient (Wildman–Crippen LogP) is 1.91. The van der Waals surface area contributed by atoms with Crippen molar-refractivity contribution in [2.24, 2.45) is 0 Å². The fraction of sp³-hybridized carbons (Fsp3) is 0.600. The van der Waals surface area contributed by atoms with Crippen LogP contribution in [-0.4, -0.2) is 24.5 Å². The average molecular weight is 151 g/mol. The van der Waals surface area contributed by atoms with E-state index in [1.165, 1.54) is 5.57 Å². The Morgan fingerprint density at radius 3 is 2.55 bits per heavy atom. The van der Waals surface area contributed by atoms with Crippen molar-refractivity contribution in [1.29, 1.82) is 0 Å². The van der Waals surface area contributed by atoms with Gasteiger partial charge < -0.3 is 0 Å². The molecule has 0 aliphatic heterocycles. The van der Waals surface area contributed by atoms with E-state index in [1.807, 2.05) is 0 Å². The lowest BCUT2D eigenvalue weighted by Crippen LogP contribution is -2.23. The zero-order valence-corrected chi connectivity index (χ0v) is 7.72. The maximum atomic E-state index is 5.20. The molecule has 0 aromatic rings. The second kappa shape index (κ2) is 6.00. The van der Waals surface area contributed by atoms with Crippen LogP contribution in [0.2, 0.25) is 0 Å². The van der Waals surface area contributed by atoms with Crippen molar-refractivity contribution in [3.63, 3.8) is 0 Å². The first-order valence-electron chi connectivity index (χ1n) is 3.99. The summed E-state index contributed by atoms with van der Waals surface area (Å²) in [5.74, 6) is 2.64. The molecule has 62 valence electrons. The van der Waals surface area contributed by atoms with E-state index < -0.39 is 0 Å². The lowest BCUT2D eigenvalue weighted by Gasteiger charge is -2.14. The SMILES string of the molecule is C#CCN(CC)CC=C(C)C. The highest BCUT2D eigenvalue weighted by molar-refractivity contribution is 4.97. The molecule has 0 bridgehead atoms. The molecule has 1 nitrogen and oxygen atoms in total. The molecule has 0 fully saturated rings. The third-order valence-electron chi connectivity index (χ3n) is 1.52. The summed E-state index contributed by atoms with van der Waals surface area (Å²) in [6, 6.07) is 0. The molecule has 0 heterocycles. The van der Waals surface area contributed by atoms with Crippen molar-refractivity contribution in [3.05, 3.63) is 11.6 Å². The molecule has 0 aliphatic carbocycles. The minimum Gasteiger partial charge on any atom is -0.289 e. The monoisotopic (exact) mass is 151 g/mol. The predicted molar refractivity (Wildman–Crippen MR) is 50.4 cm³/mol. The van der Waals surface area contributed by atoms with Crippen molar-refractivity contribution in [2.75, 3.05) is 19.6 Å². The van der Waals surface area contributed by atoms with Crippen LogP contribution in [0.1, 0.15) is 20.8 Å². The Bertz CT molecular complexity index is 158. The lowest BCUT2D eigenvalue weighted by molar-refractivity contribution is 0.359. The number of allylic oxidation sites excluding steroid dienone is 1. The van der Waals surface area contributed by atoms with E-state index in [0.717, 1.165) is 19.6 Å². The Morgan fingerprint density at radius 1 is 1.55 bits per heavy atom. The van der Waals surface area contributed by atoms with Gasteiger partial charge in [-0.1, -0.05) is 24.5 Å². The molecule has 0 unspecified atom stereocenters. The van der Waals surface area contributed by atoms with E-state index in [-0.39, 0.29) is 0 Å². The van der Waals surface area contributed by atoms with E-state index >= 15 is 0 Å². The van der Waals surface area contributed by atoms with Gasteiger partial charge in [-0.2, -0.15) is 0 Å². The molecular weight excluding hydrogens is 134 g/mol. The summed E-state index contributed by atoms with van der Waals surface area (Å²) in [6.45, 7) is 9.07. The third kappa shape index (κ3) is 5.69. The first kappa shape index (κ1) is 10.3. The zero-order valence-electron chi connectivity index (χ0n) is 7.72. The topological polar surface area (TPSA) is 3.24 Å². The van der Waals surface area contributed by atoms with Gasteiger partial charge in [-0.15, -0.1) is 6.42 Å². The fourth-order valence-corrected chi connectivity index (χ4v) is 0.746. The van der Waals surface area contributed by atoms with Crippen molar-refractivity contribution in [3.8, 4) is 12.3 Å². The van der Waals surface area contributed by atoms with Gasteiger partial charge in [0.15, 0.2) is 0 Å². The quantitative estimate of drug-likeness (QED) is 0.438. The molecule has 0 aliphatic rings. The van der Waals surface area contributed by atoms with Gasteiger partial charge in [0.2, 0.25) is 0 Å². The Labute approximate surface area is 70.1 Å². The van der Waals surface area contributed by atoms with Crippen molar-refractivity contribution in [2.45, 2.75) is 20.8 Å². The number of terminal acetylenes is 1. The highest BCUT2D eigenvalue weighted by Gasteiger charge is 1.95. The average Bonchev–Trinajstić information content (AvgIpc) is 1.97. The lowest BCUT2D eigenvalue weighted by atomic mass is 10.3. The minimum absolute atomic E-state index is 0.750. The smallest absolute Gasteiger partial charge is 0.0601 e. The molecule has 0 N–H and O–H groups in total. The van der Waals surface area contributed by atoms with Gasteiger partial charge in [0.05, 0.1) is 6.54 Å². The molecule has 11 heavy (non-hydrogen) atoms. The molecule has 0 saturated carbocycles. The summed E-state index contributed by atoms with van der Waals surface area (Å²) in [4.78, 5) is 2.22. The Hall–Kier alpha value is -0.740. The number of nitrogens with zero attached hydrogens (tertiary/aromatic N) is 1. The molecule has 0 spiro atoms. The van der Waals surface area contributed by atoms with Gasteiger partial charge in [-0.05, 0) is 20.4 Å². The summed E-state index contributed by atoms with van der Waals surface area (Å²) in [7, 11) is 0. The Kier molecular flexibility index (Phi) is 5.60. The summed E-state index contributed by atoms with van der Waals surface area (Å²) >= 11 is 0. The molecule has 0 saturated heterocycles. The molecule has 0 rings (SSSR count). The summed E-state index contributed by atoms with van der Waals surface area (Å²) in [5, 5.41) is 0. The molecule has 0 aromatic carbocycles. The van der Waals surface area contributed by atoms with Gasteiger partial charge in [0, 0.05) is 6.54 Å². The minimum atomic E-state index is 0.750. The number of rotatable bonds is 4. The molecule has 1 heteroatoms. The normalized spacial score (nSPS) is 9.36. The van der Waals surface area contributed by atoms with Crippen molar-refractivity contribution in [1.82, 2.24) is 4.90 Å². The number of hydrogen-bond acceptors (Lipinski definition) is 1. The van der Waals surface area contributed by atoms with E-state index in [9.17, 15) is 0 Å². The summed E-state index contributed by atoms with van der Waals surface area (Å²) in [6.07, 6.45) is 7.39. The second-order valence-electron chi connectivity index (χ2n) is 2.81. The van der Waals surface area contributed by atoms with Gasteiger partial charge in [0.25, 0.3) is 0 Å². The molecular formula is C10H17N. The van der Waals surface area contributed by atoms with Crippen LogP contribution in [0, 0.1) is 12.3 Å². The molecule has 0 radical (unpaired) electrons. The molecule has 0 atom stereocenters. The maximum absolute atomic E-state index is 5.20. The van der Waals surface area contributed by atoms with Gasteiger partial charge in [-0.25, -0.2) is 0 Å². The Balaban J connectivity index is 3.71. The highest BCUT2D eigenvalue weighted by Crippen LogP contribution is 1.92.